The molecule has 74 valence electrons. The number of nitrogens with two attached hydrogens (primary N) is 1. The lowest BCUT2D eigenvalue weighted by Crippen LogP contribution is -2.05. The maximum absolute atomic E-state index is 5.76. The zero-order chi connectivity index (χ0) is 9.68. The fourth-order valence-electron chi connectivity index (χ4n) is 1.01. The first-order chi connectivity index (χ1) is 6.25. The van der Waals surface area contributed by atoms with E-state index >= 15 is 0 Å². The molecule has 5 heteroatoms. The molecule has 1 aromatic rings. The van der Waals surface area contributed by atoms with Gasteiger partial charge in [0.15, 0.2) is 0 Å². The zero-order valence-corrected chi connectivity index (χ0v) is 9.24. The van der Waals surface area contributed by atoms with Crippen LogP contribution in [-0.2, 0) is 6.54 Å². The summed E-state index contributed by atoms with van der Waals surface area (Å²) in [6, 6.07) is 0. The number of thioether (sulfide) groups is 1. The second-order valence-electron chi connectivity index (χ2n) is 2.65. The molecule has 0 spiro atoms. The second-order valence-corrected chi connectivity index (χ2v) is 4.45. The molecule has 0 atom stereocenters. The Hall–Kier alpha value is -0.350. The Morgan fingerprint density at radius 2 is 2.46 bits per heavy atom. The minimum Gasteiger partial charge on any atom is -0.383 e. The molecule has 0 amide bonds. The maximum atomic E-state index is 5.76. The number of hydrogen-bond acceptors (Lipinski definition) is 3. The Bertz CT molecular complexity index is 262. The van der Waals surface area contributed by atoms with Gasteiger partial charge in [0.25, 0.3) is 0 Å². The number of aromatic nitrogens is 2. The van der Waals surface area contributed by atoms with E-state index in [1.807, 2.05) is 11.8 Å². The Labute approximate surface area is 87.6 Å². The van der Waals surface area contributed by atoms with E-state index in [9.17, 15) is 0 Å². The molecule has 0 saturated carbocycles. The van der Waals surface area contributed by atoms with Gasteiger partial charge in [-0.3, -0.25) is 0 Å². The standard InChI is InChI=1S/C8H14ClN3S/c1-2-13-5-3-4-12-8(10)7(9)6-11-12/h6H,2-5,10H2,1H3. The molecule has 0 fully saturated rings. The SMILES string of the molecule is CCSCCCn1ncc(Cl)c1N. The van der Waals surface area contributed by atoms with Crippen LogP contribution in [0.2, 0.25) is 5.02 Å². The average molecular weight is 220 g/mol. The van der Waals surface area contributed by atoms with Crippen molar-refractivity contribution in [1.82, 2.24) is 9.78 Å². The highest BCUT2D eigenvalue weighted by Gasteiger charge is 2.03. The van der Waals surface area contributed by atoms with E-state index < -0.39 is 0 Å². The van der Waals surface area contributed by atoms with Crippen LogP contribution in [0.1, 0.15) is 13.3 Å². The molecule has 0 aliphatic rings. The lowest BCUT2D eigenvalue weighted by atomic mass is 10.5. The van der Waals surface area contributed by atoms with Gasteiger partial charge in [-0.2, -0.15) is 16.9 Å². The number of nitrogen functional groups attached to an aromatic ring is 1. The van der Waals surface area contributed by atoms with Crippen LogP contribution in [0.15, 0.2) is 6.20 Å². The molecule has 0 radical (unpaired) electrons. The number of rotatable bonds is 5. The van der Waals surface area contributed by atoms with Gasteiger partial charge < -0.3 is 5.73 Å². The predicted molar refractivity (Wildman–Crippen MR) is 59.3 cm³/mol. The minimum atomic E-state index is 0.545. The highest BCUT2D eigenvalue weighted by Crippen LogP contribution is 2.17. The Balaban J connectivity index is 2.32. The number of nitrogens with zero attached hydrogens (tertiary/aromatic N) is 2. The topological polar surface area (TPSA) is 43.8 Å². The molecule has 0 unspecified atom stereocenters. The summed E-state index contributed by atoms with van der Waals surface area (Å²) in [7, 11) is 0. The number of halogens is 1. The monoisotopic (exact) mass is 219 g/mol. The average Bonchev–Trinajstić information content (AvgIpc) is 2.43. The van der Waals surface area contributed by atoms with Gasteiger partial charge in [0.2, 0.25) is 0 Å². The van der Waals surface area contributed by atoms with Crippen molar-refractivity contribution in [2.24, 2.45) is 0 Å². The fraction of sp³-hybridized carbons (Fsp3) is 0.625. The molecular weight excluding hydrogens is 206 g/mol. The van der Waals surface area contributed by atoms with Crippen LogP contribution < -0.4 is 5.73 Å². The van der Waals surface area contributed by atoms with Crippen LogP contribution in [-0.4, -0.2) is 21.3 Å². The lowest BCUT2D eigenvalue weighted by Gasteiger charge is -2.02. The first-order valence-electron chi connectivity index (χ1n) is 4.30. The molecule has 2 N–H and O–H groups in total. The minimum absolute atomic E-state index is 0.545. The summed E-state index contributed by atoms with van der Waals surface area (Å²) in [5, 5.41) is 4.61. The van der Waals surface area contributed by atoms with Gasteiger partial charge >= 0.3 is 0 Å². The van der Waals surface area contributed by atoms with Crippen LogP contribution in [0, 0.1) is 0 Å². The quantitative estimate of drug-likeness (QED) is 0.773. The van der Waals surface area contributed by atoms with Crippen molar-refractivity contribution in [1.29, 1.82) is 0 Å². The Morgan fingerprint density at radius 1 is 1.69 bits per heavy atom. The molecule has 1 aromatic heterocycles. The van der Waals surface area contributed by atoms with Crippen LogP contribution >= 0.6 is 23.4 Å². The summed E-state index contributed by atoms with van der Waals surface area (Å²) in [6.45, 7) is 3.01. The normalized spacial score (nSPS) is 10.6. The fourth-order valence-corrected chi connectivity index (χ4v) is 1.77. The molecule has 0 bridgehead atoms. The van der Waals surface area contributed by atoms with Crippen LogP contribution in [0.5, 0.6) is 0 Å². The maximum Gasteiger partial charge on any atom is 0.140 e. The van der Waals surface area contributed by atoms with E-state index in [0.29, 0.717) is 10.8 Å². The molecule has 0 saturated heterocycles. The summed E-state index contributed by atoms with van der Waals surface area (Å²) in [4.78, 5) is 0. The van der Waals surface area contributed by atoms with Gasteiger partial charge in [0.05, 0.1) is 6.20 Å². The van der Waals surface area contributed by atoms with Crippen molar-refractivity contribution in [3.05, 3.63) is 11.2 Å². The van der Waals surface area contributed by atoms with Gasteiger partial charge in [-0.1, -0.05) is 18.5 Å². The zero-order valence-electron chi connectivity index (χ0n) is 7.66. The highest BCUT2D eigenvalue weighted by atomic mass is 35.5. The third kappa shape index (κ3) is 3.12. The van der Waals surface area contributed by atoms with Crippen LogP contribution in [0.4, 0.5) is 5.82 Å². The summed E-state index contributed by atoms with van der Waals surface area (Å²) < 4.78 is 1.75. The van der Waals surface area contributed by atoms with Gasteiger partial charge in [0.1, 0.15) is 10.8 Å². The van der Waals surface area contributed by atoms with Crippen LogP contribution in [0.25, 0.3) is 0 Å². The molecule has 13 heavy (non-hydrogen) atoms. The van der Waals surface area contributed by atoms with Crippen molar-refractivity contribution in [2.75, 3.05) is 17.2 Å². The summed E-state index contributed by atoms with van der Waals surface area (Å²) in [5.74, 6) is 2.88. The largest absolute Gasteiger partial charge is 0.383 e. The van der Waals surface area contributed by atoms with E-state index in [1.54, 1.807) is 10.9 Å². The van der Waals surface area contributed by atoms with Gasteiger partial charge in [-0.05, 0) is 17.9 Å². The van der Waals surface area contributed by atoms with E-state index in [2.05, 4.69) is 12.0 Å². The first-order valence-corrected chi connectivity index (χ1v) is 5.83. The molecule has 0 aliphatic heterocycles. The highest BCUT2D eigenvalue weighted by molar-refractivity contribution is 7.99. The summed E-state index contributed by atoms with van der Waals surface area (Å²) in [5.41, 5.74) is 5.68. The third-order valence-corrected chi connectivity index (χ3v) is 2.97. The van der Waals surface area contributed by atoms with Gasteiger partial charge in [-0.15, -0.1) is 0 Å². The van der Waals surface area contributed by atoms with E-state index in [1.165, 1.54) is 0 Å². The molecule has 3 nitrogen and oxygen atoms in total. The Kier molecular flexibility index (Phi) is 4.45. The predicted octanol–water partition coefficient (Wildman–Crippen LogP) is 2.26. The van der Waals surface area contributed by atoms with Crippen molar-refractivity contribution in [2.45, 2.75) is 19.9 Å². The van der Waals surface area contributed by atoms with Crippen molar-refractivity contribution in [3.63, 3.8) is 0 Å². The number of aryl methyl sites for hydroxylation is 1. The van der Waals surface area contributed by atoms with Crippen molar-refractivity contribution >= 4 is 29.2 Å². The first kappa shape index (κ1) is 10.7. The Morgan fingerprint density at radius 3 is 3.00 bits per heavy atom. The number of hydrogen-bond donors (Lipinski definition) is 1. The van der Waals surface area contributed by atoms with E-state index in [0.717, 1.165) is 24.5 Å². The summed E-state index contributed by atoms with van der Waals surface area (Å²) in [6.07, 6.45) is 2.67. The van der Waals surface area contributed by atoms with Crippen molar-refractivity contribution < 1.29 is 0 Å². The smallest absolute Gasteiger partial charge is 0.140 e. The lowest BCUT2D eigenvalue weighted by molar-refractivity contribution is 0.615. The molecule has 0 aliphatic carbocycles. The van der Waals surface area contributed by atoms with E-state index in [-0.39, 0.29) is 0 Å². The molecule has 1 heterocycles. The third-order valence-electron chi connectivity index (χ3n) is 1.70. The molecular formula is C8H14ClN3S. The van der Waals surface area contributed by atoms with E-state index in [4.69, 9.17) is 17.3 Å². The van der Waals surface area contributed by atoms with Crippen LogP contribution in [0.3, 0.4) is 0 Å². The van der Waals surface area contributed by atoms with Gasteiger partial charge in [0, 0.05) is 6.54 Å². The number of anilines is 1. The molecule has 0 aromatic carbocycles. The van der Waals surface area contributed by atoms with Gasteiger partial charge in [-0.25, -0.2) is 4.68 Å². The second kappa shape index (κ2) is 5.40. The molecule has 1 rings (SSSR count). The van der Waals surface area contributed by atoms with Crippen molar-refractivity contribution in [3.8, 4) is 0 Å². The summed E-state index contributed by atoms with van der Waals surface area (Å²) >= 11 is 7.68.